The molecule has 0 atom stereocenters. The van der Waals surface area contributed by atoms with E-state index in [4.69, 9.17) is 13.7 Å². The first-order valence-corrected chi connectivity index (χ1v) is 5.99. The summed E-state index contributed by atoms with van der Waals surface area (Å²) < 4.78 is 14.9. The molecule has 0 saturated carbocycles. The number of rotatable bonds is 4. The fraction of sp³-hybridized carbons (Fsp3) is 0.182. The van der Waals surface area contributed by atoms with E-state index < -0.39 is 18.5 Å². The summed E-state index contributed by atoms with van der Waals surface area (Å²) >= 11 is 3.05. The molecule has 1 N–H and O–H groups in total. The second-order valence-electron chi connectivity index (χ2n) is 3.55. The van der Waals surface area contributed by atoms with Gasteiger partial charge >= 0.3 is 5.97 Å². The van der Waals surface area contributed by atoms with Crippen molar-refractivity contribution in [2.24, 2.45) is 0 Å². The predicted octanol–water partition coefficient (Wildman–Crippen LogP) is 2.13. The van der Waals surface area contributed by atoms with E-state index in [1.54, 1.807) is 19.1 Å². The number of aromatic nitrogens is 1. The zero-order chi connectivity index (χ0) is 13.8. The number of esters is 1. The van der Waals surface area contributed by atoms with Gasteiger partial charge in [0.25, 0.3) is 5.91 Å². The molecule has 19 heavy (non-hydrogen) atoms. The minimum Gasteiger partial charge on any atom is -0.450 e. The van der Waals surface area contributed by atoms with Crippen LogP contribution in [0.25, 0.3) is 0 Å². The summed E-state index contributed by atoms with van der Waals surface area (Å²) in [6.45, 7) is 1.25. The van der Waals surface area contributed by atoms with Gasteiger partial charge in [0.05, 0.1) is 0 Å². The summed E-state index contributed by atoms with van der Waals surface area (Å²) in [5.41, 5.74) is 0. The summed E-state index contributed by atoms with van der Waals surface area (Å²) in [5, 5.41) is 5.99. The van der Waals surface area contributed by atoms with Gasteiger partial charge < -0.3 is 19.0 Å². The number of hydrogen-bond donors (Lipinski definition) is 1. The molecule has 2 aromatic heterocycles. The van der Waals surface area contributed by atoms with E-state index in [1.807, 2.05) is 0 Å². The van der Waals surface area contributed by atoms with Gasteiger partial charge in [-0.05, 0) is 35.0 Å². The number of ether oxygens (including phenoxy) is 1. The van der Waals surface area contributed by atoms with E-state index in [2.05, 4.69) is 26.4 Å². The molecule has 0 aromatic carbocycles. The van der Waals surface area contributed by atoms with Crippen molar-refractivity contribution >= 4 is 33.6 Å². The SMILES string of the molecule is Cc1cc(NC(=O)COC(=O)c2ccc(Br)o2)no1. The van der Waals surface area contributed by atoms with Crippen molar-refractivity contribution in [2.45, 2.75) is 6.92 Å². The molecule has 2 aromatic rings. The number of aryl methyl sites for hydroxylation is 1. The van der Waals surface area contributed by atoms with Gasteiger partial charge in [-0.25, -0.2) is 4.79 Å². The van der Waals surface area contributed by atoms with Crippen molar-refractivity contribution in [2.75, 3.05) is 11.9 Å². The average molecular weight is 329 g/mol. The molecule has 100 valence electrons. The minimum absolute atomic E-state index is 0.0111. The Morgan fingerprint density at radius 1 is 1.47 bits per heavy atom. The normalized spacial score (nSPS) is 10.2. The summed E-state index contributed by atoms with van der Waals surface area (Å²) in [7, 11) is 0. The Bertz CT molecular complexity index is 604. The van der Waals surface area contributed by atoms with Gasteiger partial charge in [0.2, 0.25) is 5.76 Å². The Morgan fingerprint density at radius 2 is 2.26 bits per heavy atom. The third-order valence-corrected chi connectivity index (χ3v) is 2.43. The Hall–Kier alpha value is -2.09. The largest absolute Gasteiger partial charge is 0.450 e. The molecule has 1 amide bonds. The van der Waals surface area contributed by atoms with Crippen LogP contribution in [0.5, 0.6) is 0 Å². The van der Waals surface area contributed by atoms with Crippen LogP contribution in [0.3, 0.4) is 0 Å². The maximum absolute atomic E-state index is 11.5. The van der Waals surface area contributed by atoms with Crippen LogP contribution in [0.2, 0.25) is 0 Å². The van der Waals surface area contributed by atoms with Gasteiger partial charge in [-0.1, -0.05) is 5.16 Å². The molecule has 0 bridgehead atoms. The van der Waals surface area contributed by atoms with E-state index in [-0.39, 0.29) is 11.6 Å². The number of carbonyl (C=O) groups excluding carboxylic acids is 2. The highest BCUT2D eigenvalue weighted by Gasteiger charge is 2.14. The molecule has 0 unspecified atom stereocenters. The Balaban J connectivity index is 1.82. The van der Waals surface area contributed by atoms with Gasteiger partial charge in [0, 0.05) is 6.07 Å². The summed E-state index contributed by atoms with van der Waals surface area (Å²) in [5.74, 6) is -0.409. The lowest BCUT2D eigenvalue weighted by molar-refractivity contribution is -0.119. The third-order valence-electron chi connectivity index (χ3n) is 2.00. The fourth-order valence-corrected chi connectivity index (χ4v) is 1.54. The molecular weight excluding hydrogens is 320 g/mol. The van der Waals surface area contributed by atoms with Gasteiger partial charge in [0.1, 0.15) is 5.76 Å². The number of furan rings is 1. The number of halogens is 1. The summed E-state index contributed by atoms with van der Waals surface area (Å²) in [6, 6.07) is 4.53. The standard InChI is InChI=1S/C11H9BrN2O5/c1-6-4-9(14-19-6)13-10(15)5-17-11(16)7-2-3-8(12)18-7/h2-4H,5H2,1H3,(H,13,14,15). The van der Waals surface area contributed by atoms with Crippen molar-refractivity contribution in [3.63, 3.8) is 0 Å². The van der Waals surface area contributed by atoms with Crippen LogP contribution in [-0.4, -0.2) is 23.6 Å². The first-order valence-electron chi connectivity index (χ1n) is 5.20. The van der Waals surface area contributed by atoms with Crippen LogP contribution in [0.4, 0.5) is 5.82 Å². The molecule has 0 radical (unpaired) electrons. The van der Waals surface area contributed by atoms with Crippen molar-refractivity contribution in [3.05, 3.63) is 34.4 Å². The van der Waals surface area contributed by atoms with Crippen molar-refractivity contribution in [1.29, 1.82) is 0 Å². The van der Waals surface area contributed by atoms with Crippen molar-refractivity contribution < 1.29 is 23.3 Å². The monoisotopic (exact) mass is 328 g/mol. The molecule has 2 rings (SSSR count). The van der Waals surface area contributed by atoms with Crippen LogP contribution in [-0.2, 0) is 9.53 Å². The molecule has 0 aliphatic heterocycles. The highest BCUT2D eigenvalue weighted by molar-refractivity contribution is 9.10. The van der Waals surface area contributed by atoms with E-state index in [9.17, 15) is 9.59 Å². The molecular formula is C11H9BrN2O5. The first kappa shape index (κ1) is 13.3. The lowest BCUT2D eigenvalue weighted by Gasteiger charge is -2.02. The molecule has 2 heterocycles. The zero-order valence-corrected chi connectivity index (χ0v) is 11.4. The molecule has 0 spiro atoms. The molecule has 0 aliphatic carbocycles. The molecule has 0 aliphatic rings. The fourth-order valence-electron chi connectivity index (χ4n) is 1.23. The topological polar surface area (TPSA) is 94.6 Å². The van der Waals surface area contributed by atoms with Crippen molar-refractivity contribution in [3.8, 4) is 0 Å². The van der Waals surface area contributed by atoms with Gasteiger partial charge in [-0.3, -0.25) is 4.79 Å². The Labute approximate surface area is 116 Å². The van der Waals surface area contributed by atoms with E-state index in [1.165, 1.54) is 6.07 Å². The van der Waals surface area contributed by atoms with Crippen molar-refractivity contribution in [1.82, 2.24) is 5.16 Å². The number of nitrogens with one attached hydrogen (secondary N) is 1. The van der Waals surface area contributed by atoms with Crippen LogP contribution in [0, 0.1) is 6.92 Å². The van der Waals surface area contributed by atoms with Gasteiger partial charge in [-0.2, -0.15) is 0 Å². The van der Waals surface area contributed by atoms with Crippen LogP contribution in [0.1, 0.15) is 16.3 Å². The second-order valence-corrected chi connectivity index (χ2v) is 4.33. The smallest absolute Gasteiger partial charge is 0.374 e. The lowest BCUT2D eigenvalue weighted by atomic mass is 10.4. The number of hydrogen-bond acceptors (Lipinski definition) is 6. The number of nitrogens with zero attached hydrogens (tertiary/aromatic N) is 1. The van der Waals surface area contributed by atoms with Gasteiger partial charge in [0.15, 0.2) is 17.1 Å². The quantitative estimate of drug-likeness (QED) is 0.864. The zero-order valence-electron chi connectivity index (χ0n) is 9.81. The van der Waals surface area contributed by atoms with E-state index in [0.717, 1.165) is 0 Å². The summed E-state index contributed by atoms with van der Waals surface area (Å²) in [6.07, 6.45) is 0. The van der Waals surface area contributed by atoms with Crippen LogP contribution >= 0.6 is 15.9 Å². The number of anilines is 1. The van der Waals surface area contributed by atoms with Crippen LogP contribution in [0.15, 0.2) is 31.8 Å². The lowest BCUT2D eigenvalue weighted by Crippen LogP contribution is -2.20. The molecule has 8 heteroatoms. The molecule has 0 saturated heterocycles. The third kappa shape index (κ3) is 3.68. The predicted molar refractivity (Wildman–Crippen MR) is 66.6 cm³/mol. The highest BCUT2D eigenvalue weighted by Crippen LogP contribution is 2.14. The van der Waals surface area contributed by atoms with Crippen LogP contribution < -0.4 is 5.32 Å². The second kappa shape index (κ2) is 5.70. The summed E-state index contributed by atoms with van der Waals surface area (Å²) in [4.78, 5) is 22.9. The number of carbonyl (C=O) groups is 2. The molecule has 7 nitrogen and oxygen atoms in total. The van der Waals surface area contributed by atoms with E-state index in [0.29, 0.717) is 10.4 Å². The maximum atomic E-state index is 11.5. The average Bonchev–Trinajstić information content (AvgIpc) is 2.95. The van der Waals surface area contributed by atoms with E-state index >= 15 is 0 Å². The van der Waals surface area contributed by atoms with Gasteiger partial charge in [-0.15, -0.1) is 0 Å². The highest BCUT2D eigenvalue weighted by atomic mass is 79.9. The number of amides is 1. The molecule has 0 fully saturated rings. The first-order chi connectivity index (χ1) is 9.04. The Morgan fingerprint density at radius 3 is 2.84 bits per heavy atom. The Kier molecular flexibility index (Phi) is 4.00. The minimum atomic E-state index is -0.725. The maximum Gasteiger partial charge on any atom is 0.374 e.